The van der Waals surface area contributed by atoms with Crippen molar-refractivity contribution < 1.29 is 4.39 Å². The Morgan fingerprint density at radius 1 is 1.25 bits per heavy atom. The Balaban J connectivity index is 2.53. The fraction of sp³-hybridized carbons (Fsp3) is 0.250. The smallest absolute Gasteiger partial charge is 0.142 e. The molecule has 0 fully saturated rings. The van der Waals surface area contributed by atoms with Gasteiger partial charge in [-0.1, -0.05) is 36.7 Å². The quantitative estimate of drug-likeness (QED) is 0.789. The highest BCUT2D eigenvalue weighted by Gasteiger charge is 2.20. The highest BCUT2D eigenvalue weighted by molar-refractivity contribution is 9.10. The van der Waals surface area contributed by atoms with E-state index in [0.717, 1.165) is 17.7 Å². The van der Waals surface area contributed by atoms with E-state index in [1.54, 1.807) is 6.07 Å². The van der Waals surface area contributed by atoms with E-state index in [2.05, 4.69) is 21.2 Å². The van der Waals surface area contributed by atoms with Gasteiger partial charge < -0.3 is 5.32 Å². The standard InChI is InChI=1S/C16H16BrClFN/c1-3-20-16(12-8-7-11(18)9-10(12)2)13-5-4-6-14(17)15(13)19/h4-9,16,20H,3H2,1-2H3. The van der Waals surface area contributed by atoms with E-state index in [1.165, 1.54) is 0 Å². The number of hydrogen-bond donors (Lipinski definition) is 1. The van der Waals surface area contributed by atoms with E-state index in [4.69, 9.17) is 11.6 Å². The van der Waals surface area contributed by atoms with E-state index in [1.807, 2.05) is 44.2 Å². The van der Waals surface area contributed by atoms with E-state index in [0.29, 0.717) is 15.1 Å². The average molecular weight is 357 g/mol. The molecule has 2 aromatic rings. The molecular weight excluding hydrogens is 341 g/mol. The van der Waals surface area contributed by atoms with Crippen LogP contribution in [-0.4, -0.2) is 6.54 Å². The molecule has 0 aliphatic rings. The molecule has 0 heterocycles. The minimum atomic E-state index is -0.229. The fourth-order valence-electron chi connectivity index (χ4n) is 2.30. The molecule has 4 heteroatoms. The monoisotopic (exact) mass is 355 g/mol. The first-order valence-electron chi connectivity index (χ1n) is 6.48. The molecule has 0 amide bonds. The van der Waals surface area contributed by atoms with Crippen molar-refractivity contribution in [3.63, 3.8) is 0 Å². The van der Waals surface area contributed by atoms with E-state index >= 15 is 0 Å². The third-order valence-corrected chi connectivity index (χ3v) is 4.09. The van der Waals surface area contributed by atoms with Crippen molar-refractivity contribution in [3.05, 3.63) is 68.4 Å². The van der Waals surface area contributed by atoms with Crippen LogP contribution in [0, 0.1) is 12.7 Å². The molecule has 1 nitrogen and oxygen atoms in total. The molecule has 0 spiro atoms. The maximum absolute atomic E-state index is 14.4. The van der Waals surface area contributed by atoms with E-state index < -0.39 is 0 Å². The summed E-state index contributed by atoms with van der Waals surface area (Å²) in [6.45, 7) is 4.74. The van der Waals surface area contributed by atoms with Crippen LogP contribution >= 0.6 is 27.5 Å². The SMILES string of the molecule is CCNC(c1ccc(Cl)cc1C)c1cccc(Br)c1F. The van der Waals surface area contributed by atoms with Crippen molar-refractivity contribution >= 4 is 27.5 Å². The summed E-state index contributed by atoms with van der Waals surface area (Å²) in [6.07, 6.45) is 0. The molecule has 20 heavy (non-hydrogen) atoms. The van der Waals surface area contributed by atoms with Crippen LogP contribution in [0.3, 0.4) is 0 Å². The minimum Gasteiger partial charge on any atom is -0.306 e. The number of halogens is 3. The second kappa shape index (κ2) is 6.70. The van der Waals surface area contributed by atoms with Gasteiger partial charge in [0.25, 0.3) is 0 Å². The van der Waals surface area contributed by atoms with Gasteiger partial charge in [-0.15, -0.1) is 0 Å². The van der Waals surface area contributed by atoms with Gasteiger partial charge in [0, 0.05) is 10.6 Å². The third-order valence-electron chi connectivity index (χ3n) is 3.24. The second-order valence-electron chi connectivity index (χ2n) is 4.63. The molecule has 0 saturated heterocycles. The molecule has 1 N–H and O–H groups in total. The summed E-state index contributed by atoms with van der Waals surface area (Å²) in [5, 5.41) is 4.03. The molecule has 0 aliphatic heterocycles. The lowest BCUT2D eigenvalue weighted by atomic mass is 9.94. The Hall–Kier alpha value is -0.900. The van der Waals surface area contributed by atoms with Crippen LogP contribution in [-0.2, 0) is 0 Å². The number of hydrogen-bond acceptors (Lipinski definition) is 1. The van der Waals surface area contributed by atoms with Gasteiger partial charge in [-0.2, -0.15) is 0 Å². The highest BCUT2D eigenvalue weighted by Crippen LogP contribution is 2.31. The van der Waals surface area contributed by atoms with Crippen LogP contribution in [0.15, 0.2) is 40.9 Å². The molecule has 1 atom stereocenters. The molecular formula is C16H16BrClFN. The maximum atomic E-state index is 14.4. The van der Waals surface area contributed by atoms with E-state index in [-0.39, 0.29) is 11.9 Å². The van der Waals surface area contributed by atoms with Crippen molar-refractivity contribution in [2.45, 2.75) is 19.9 Å². The number of nitrogens with one attached hydrogen (secondary N) is 1. The fourth-order valence-corrected chi connectivity index (χ4v) is 2.91. The first-order chi connectivity index (χ1) is 9.54. The van der Waals surface area contributed by atoms with Gasteiger partial charge in [0.1, 0.15) is 5.82 Å². The summed E-state index contributed by atoms with van der Waals surface area (Å²) in [4.78, 5) is 0. The number of rotatable bonds is 4. The van der Waals surface area contributed by atoms with Crippen LogP contribution in [0.25, 0.3) is 0 Å². The van der Waals surface area contributed by atoms with Crippen LogP contribution in [0.1, 0.15) is 29.7 Å². The van der Waals surface area contributed by atoms with Crippen LogP contribution < -0.4 is 5.32 Å². The topological polar surface area (TPSA) is 12.0 Å². The molecule has 106 valence electrons. The van der Waals surface area contributed by atoms with Crippen LogP contribution in [0.4, 0.5) is 4.39 Å². The Labute approximate surface area is 132 Å². The maximum Gasteiger partial charge on any atom is 0.142 e. The largest absolute Gasteiger partial charge is 0.306 e. The normalized spacial score (nSPS) is 12.4. The Morgan fingerprint density at radius 2 is 2.00 bits per heavy atom. The van der Waals surface area contributed by atoms with E-state index in [9.17, 15) is 4.39 Å². The Kier molecular flexibility index (Phi) is 5.19. The lowest BCUT2D eigenvalue weighted by Gasteiger charge is -2.22. The van der Waals surface area contributed by atoms with Gasteiger partial charge in [0.2, 0.25) is 0 Å². The van der Waals surface area contributed by atoms with Crippen LogP contribution in [0.5, 0.6) is 0 Å². The highest BCUT2D eigenvalue weighted by atomic mass is 79.9. The molecule has 2 rings (SSSR count). The summed E-state index contributed by atoms with van der Waals surface area (Å²) in [6, 6.07) is 10.9. The van der Waals surface area contributed by atoms with Crippen molar-refractivity contribution in [2.24, 2.45) is 0 Å². The molecule has 2 aromatic carbocycles. The molecule has 0 radical (unpaired) electrons. The number of aryl methyl sites for hydroxylation is 1. The molecule has 1 unspecified atom stereocenters. The van der Waals surface area contributed by atoms with Gasteiger partial charge in [-0.25, -0.2) is 4.39 Å². The summed E-state index contributed by atoms with van der Waals surface area (Å²) < 4.78 is 14.8. The molecule has 0 aliphatic carbocycles. The zero-order valence-corrected chi connectivity index (χ0v) is 13.7. The van der Waals surface area contributed by atoms with Crippen molar-refractivity contribution in [1.29, 1.82) is 0 Å². The lowest BCUT2D eigenvalue weighted by molar-refractivity contribution is 0.554. The van der Waals surface area contributed by atoms with Gasteiger partial charge >= 0.3 is 0 Å². The summed E-state index contributed by atoms with van der Waals surface area (Å²) in [5.41, 5.74) is 2.71. The first-order valence-corrected chi connectivity index (χ1v) is 7.65. The lowest BCUT2D eigenvalue weighted by Crippen LogP contribution is -2.23. The molecule has 0 aromatic heterocycles. The van der Waals surface area contributed by atoms with Gasteiger partial charge in [0.15, 0.2) is 0 Å². The average Bonchev–Trinajstić information content (AvgIpc) is 2.40. The van der Waals surface area contributed by atoms with Gasteiger partial charge in [-0.05, 0) is 58.7 Å². The minimum absolute atomic E-state index is 0.185. The van der Waals surface area contributed by atoms with Crippen molar-refractivity contribution in [2.75, 3.05) is 6.54 Å². The predicted molar refractivity (Wildman–Crippen MR) is 85.8 cm³/mol. The van der Waals surface area contributed by atoms with Crippen molar-refractivity contribution in [3.8, 4) is 0 Å². The Morgan fingerprint density at radius 3 is 2.65 bits per heavy atom. The van der Waals surface area contributed by atoms with Crippen molar-refractivity contribution in [1.82, 2.24) is 5.32 Å². The summed E-state index contributed by atoms with van der Waals surface area (Å²) in [7, 11) is 0. The molecule has 0 saturated carbocycles. The van der Waals surface area contributed by atoms with Gasteiger partial charge in [0.05, 0.1) is 10.5 Å². The summed E-state index contributed by atoms with van der Waals surface area (Å²) >= 11 is 9.24. The first kappa shape index (κ1) is 15.5. The Bertz CT molecular complexity index is 615. The zero-order chi connectivity index (χ0) is 14.7. The third kappa shape index (κ3) is 3.22. The molecule has 0 bridgehead atoms. The number of benzene rings is 2. The summed E-state index contributed by atoms with van der Waals surface area (Å²) in [5.74, 6) is -0.229. The predicted octanol–water partition coefficient (Wildman–Crippen LogP) is 5.25. The second-order valence-corrected chi connectivity index (χ2v) is 5.93. The van der Waals surface area contributed by atoms with Crippen LogP contribution in [0.2, 0.25) is 5.02 Å². The van der Waals surface area contributed by atoms with Gasteiger partial charge in [-0.3, -0.25) is 0 Å². The zero-order valence-electron chi connectivity index (χ0n) is 11.4.